The number of halogens is 3. The van der Waals surface area contributed by atoms with Crippen molar-refractivity contribution < 1.29 is 30.4 Å². The van der Waals surface area contributed by atoms with Crippen molar-refractivity contribution in [1.29, 1.82) is 0 Å². The molecule has 6 nitrogen and oxygen atoms in total. The van der Waals surface area contributed by atoms with Gasteiger partial charge in [0.1, 0.15) is 10.6 Å². The predicted molar refractivity (Wildman–Crippen MR) is 116 cm³/mol. The van der Waals surface area contributed by atoms with Crippen LogP contribution in [0.3, 0.4) is 0 Å². The van der Waals surface area contributed by atoms with Crippen molar-refractivity contribution in [3.8, 4) is 5.75 Å². The van der Waals surface area contributed by atoms with E-state index in [0.717, 1.165) is 12.1 Å². The van der Waals surface area contributed by atoms with Crippen LogP contribution in [0.15, 0.2) is 41.3 Å². The second-order valence-corrected chi connectivity index (χ2v) is 12.8. The molecule has 32 heavy (non-hydrogen) atoms. The van der Waals surface area contributed by atoms with Gasteiger partial charge in [-0.2, -0.15) is 0 Å². The van der Waals surface area contributed by atoms with E-state index in [2.05, 4.69) is 4.72 Å². The maximum absolute atomic E-state index is 15.2. The molecule has 174 valence electrons. The van der Waals surface area contributed by atoms with Crippen molar-refractivity contribution in [2.45, 2.75) is 41.9 Å². The second kappa shape index (κ2) is 8.23. The first-order valence-electron chi connectivity index (χ1n) is 10.1. The van der Waals surface area contributed by atoms with E-state index < -0.39 is 54.0 Å². The van der Waals surface area contributed by atoms with Crippen LogP contribution in [0.1, 0.15) is 31.7 Å². The number of hydrogen-bond donors (Lipinski definition) is 1. The molecule has 2 aromatic rings. The number of fused-ring (bicyclic) bond motifs is 3. The predicted octanol–water partition coefficient (Wildman–Crippen LogP) is 3.79. The van der Waals surface area contributed by atoms with Gasteiger partial charge in [-0.1, -0.05) is 11.6 Å². The second-order valence-electron chi connectivity index (χ2n) is 8.08. The molecule has 0 amide bonds. The van der Waals surface area contributed by atoms with Crippen LogP contribution in [0.5, 0.6) is 5.75 Å². The SMILES string of the molecule is CCS(=O)(=O)N[C@@H]1CC[C@@]2(S(=O)(=O)c3ccc(Cl)cc3)c3c(F)ccc(F)c3OC[C@H]2C1. The Morgan fingerprint density at radius 2 is 1.75 bits per heavy atom. The van der Waals surface area contributed by atoms with Gasteiger partial charge in [-0.25, -0.2) is 30.3 Å². The van der Waals surface area contributed by atoms with E-state index in [4.69, 9.17) is 16.3 Å². The van der Waals surface area contributed by atoms with Crippen molar-refractivity contribution in [1.82, 2.24) is 4.72 Å². The molecule has 1 heterocycles. The zero-order valence-corrected chi connectivity index (χ0v) is 19.5. The molecule has 1 fully saturated rings. The quantitative estimate of drug-likeness (QED) is 0.668. The highest BCUT2D eigenvalue weighted by Crippen LogP contribution is 2.56. The number of sulfone groups is 1. The Morgan fingerprint density at radius 3 is 2.41 bits per heavy atom. The first kappa shape index (κ1) is 23.4. The fourth-order valence-corrected chi connectivity index (χ4v) is 8.16. The smallest absolute Gasteiger partial charge is 0.211 e. The van der Waals surface area contributed by atoms with Gasteiger partial charge in [0.2, 0.25) is 10.0 Å². The minimum Gasteiger partial charge on any atom is -0.490 e. The molecule has 2 aromatic carbocycles. The Labute approximate surface area is 190 Å². The van der Waals surface area contributed by atoms with Crippen LogP contribution in [-0.4, -0.2) is 35.2 Å². The Morgan fingerprint density at radius 1 is 1.09 bits per heavy atom. The van der Waals surface area contributed by atoms with Gasteiger partial charge in [0.25, 0.3) is 0 Å². The number of rotatable bonds is 5. The first-order valence-corrected chi connectivity index (χ1v) is 13.6. The minimum absolute atomic E-state index is 0.0731. The van der Waals surface area contributed by atoms with Gasteiger partial charge in [-0.3, -0.25) is 0 Å². The van der Waals surface area contributed by atoms with Gasteiger partial charge >= 0.3 is 0 Å². The molecular weight excluding hydrogens is 484 g/mol. The standard InChI is InChI=1S/C21H22ClF2NO5S2/c1-2-31(26,27)25-15-9-10-21(32(28,29)16-5-3-14(22)4-6-16)13(11-15)12-30-20-18(24)8-7-17(23)19(20)21/h3-8,13,15,25H,2,9-12H2,1H3/t13-,15-,21+/m1/s1. The zero-order valence-electron chi connectivity index (χ0n) is 17.1. The highest BCUT2D eigenvalue weighted by Gasteiger charge is 2.59. The number of nitrogens with one attached hydrogen (secondary N) is 1. The van der Waals surface area contributed by atoms with Gasteiger partial charge < -0.3 is 4.74 Å². The summed E-state index contributed by atoms with van der Waals surface area (Å²) in [6.45, 7) is 1.31. The van der Waals surface area contributed by atoms with Crippen LogP contribution in [-0.2, 0) is 24.6 Å². The Balaban J connectivity index is 1.89. The first-order chi connectivity index (χ1) is 15.0. The summed E-state index contributed by atoms with van der Waals surface area (Å²) in [4.78, 5) is -0.0731. The van der Waals surface area contributed by atoms with Crippen LogP contribution in [0.4, 0.5) is 8.78 Å². The van der Waals surface area contributed by atoms with E-state index in [9.17, 15) is 21.2 Å². The topological polar surface area (TPSA) is 89.5 Å². The third-order valence-electron chi connectivity index (χ3n) is 6.33. The van der Waals surface area contributed by atoms with E-state index >= 15 is 4.39 Å². The Kier molecular flexibility index (Phi) is 6.02. The average molecular weight is 506 g/mol. The molecule has 0 saturated heterocycles. The summed E-state index contributed by atoms with van der Waals surface area (Å²) in [6.07, 6.45) is 0.135. The van der Waals surface area contributed by atoms with Crippen LogP contribution in [0, 0.1) is 17.6 Å². The van der Waals surface area contributed by atoms with E-state index in [1.54, 1.807) is 0 Å². The van der Waals surface area contributed by atoms with Crippen molar-refractivity contribution in [3.63, 3.8) is 0 Å². The molecule has 1 aliphatic heterocycles. The fourth-order valence-electron chi connectivity index (χ4n) is 4.79. The molecule has 0 radical (unpaired) electrons. The Hall–Kier alpha value is -1.75. The van der Waals surface area contributed by atoms with Gasteiger partial charge in [0.05, 0.1) is 22.8 Å². The van der Waals surface area contributed by atoms with Gasteiger partial charge in [-0.15, -0.1) is 0 Å². The summed E-state index contributed by atoms with van der Waals surface area (Å²) in [7, 11) is -7.78. The van der Waals surface area contributed by atoms with Crippen LogP contribution in [0.2, 0.25) is 5.02 Å². The monoisotopic (exact) mass is 505 g/mol. The zero-order chi connectivity index (χ0) is 23.3. The molecule has 0 aromatic heterocycles. The molecule has 1 N–H and O–H groups in total. The third kappa shape index (κ3) is 3.70. The van der Waals surface area contributed by atoms with Crippen LogP contribution >= 0.6 is 11.6 Å². The number of benzene rings is 2. The molecule has 4 rings (SSSR count). The molecule has 0 bridgehead atoms. The maximum Gasteiger partial charge on any atom is 0.211 e. The molecule has 11 heteroatoms. The van der Waals surface area contributed by atoms with Crippen molar-refractivity contribution in [3.05, 3.63) is 58.6 Å². The number of sulfonamides is 1. The van der Waals surface area contributed by atoms with E-state index in [1.807, 2.05) is 0 Å². The molecule has 1 aliphatic carbocycles. The summed E-state index contributed by atoms with van der Waals surface area (Å²) in [5.74, 6) is -3.06. The summed E-state index contributed by atoms with van der Waals surface area (Å²) >= 11 is 5.92. The summed E-state index contributed by atoms with van der Waals surface area (Å²) in [5.41, 5.74) is -0.333. The van der Waals surface area contributed by atoms with Crippen LogP contribution in [0.25, 0.3) is 0 Å². The summed E-state index contributed by atoms with van der Waals surface area (Å²) in [6, 6.07) is 6.76. The lowest BCUT2D eigenvalue weighted by atomic mass is 9.71. The van der Waals surface area contributed by atoms with Gasteiger partial charge in [0, 0.05) is 17.0 Å². The largest absolute Gasteiger partial charge is 0.490 e. The Bertz CT molecular complexity index is 1250. The van der Waals surface area contributed by atoms with Crippen molar-refractivity contribution in [2.24, 2.45) is 5.92 Å². The lowest BCUT2D eigenvalue weighted by Crippen LogP contribution is -2.55. The third-order valence-corrected chi connectivity index (χ3v) is 10.6. The van der Waals surface area contributed by atoms with Crippen molar-refractivity contribution >= 4 is 31.5 Å². The molecule has 0 spiro atoms. The molecular formula is C21H22ClF2NO5S2. The minimum atomic E-state index is -4.25. The number of hydrogen-bond acceptors (Lipinski definition) is 5. The van der Waals surface area contributed by atoms with Gasteiger partial charge in [-0.05, 0) is 62.6 Å². The van der Waals surface area contributed by atoms with Crippen LogP contribution < -0.4 is 9.46 Å². The van der Waals surface area contributed by atoms with E-state index in [-0.39, 0.29) is 42.1 Å². The summed E-state index contributed by atoms with van der Waals surface area (Å²) < 4.78 is 88.2. The molecule has 1 saturated carbocycles. The van der Waals surface area contributed by atoms with Gasteiger partial charge in [0.15, 0.2) is 21.4 Å². The van der Waals surface area contributed by atoms with E-state index in [1.165, 1.54) is 31.2 Å². The fraction of sp³-hybridized carbons (Fsp3) is 0.429. The van der Waals surface area contributed by atoms with E-state index in [0.29, 0.717) is 5.02 Å². The maximum atomic E-state index is 15.2. The molecule has 3 atom stereocenters. The normalized spacial score (nSPS) is 25.5. The summed E-state index contributed by atoms with van der Waals surface area (Å²) in [5, 5.41) is 0.334. The highest BCUT2D eigenvalue weighted by atomic mass is 35.5. The van der Waals surface area contributed by atoms with Crippen molar-refractivity contribution in [2.75, 3.05) is 12.4 Å². The molecule has 2 aliphatic rings. The highest BCUT2D eigenvalue weighted by molar-refractivity contribution is 7.92. The molecule has 0 unspecified atom stereocenters. The lowest BCUT2D eigenvalue weighted by molar-refractivity contribution is 0.113. The average Bonchev–Trinajstić information content (AvgIpc) is 2.75. The number of ether oxygens (including phenoxy) is 1. The lowest BCUT2D eigenvalue weighted by Gasteiger charge is -2.49.